The van der Waals surface area contributed by atoms with Gasteiger partial charge < -0.3 is 5.32 Å². The number of anilines is 1. The summed E-state index contributed by atoms with van der Waals surface area (Å²) in [6.45, 7) is 0. The van der Waals surface area contributed by atoms with Crippen molar-refractivity contribution in [2.24, 2.45) is 5.92 Å². The Morgan fingerprint density at radius 2 is 2.07 bits per heavy atom. The average molecular weight is 287 g/mol. The van der Waals surface area contributed by atoms with E-state index in [9.17, 15) is 0 Å². The zero-order chi connectivity index (χ0) is 10.4. The van der Waals surface area contributed by atoms with Gasteiger partial charge in [0.05, 0.1) is 5.02 Å². The molecule has 15 heavy (non-hydrogen) atoms. The number of fused-ring (bicyclic) bond motifs is 1. The van der Waals surface area contributed by atoms with Gasteiger partial charge in [0, 0.05) is 16.2 Å². The van der Waals surface area contributed by atoms with E-state index in [2.05, 4.69) is 33.4 Å². The van der Waals surface area contributed by atoms with Crippen LogP contribution in [0.4, 0.5) is 5.69 Å². The molecule has 0 spiro atoms. The number of halogens is 2. The molecule has 1 aliphatic carbocycles. The maximum atomic E-state index is 6.08. The first-order valence-corrected chi connectivity index (χ1v) is 6.65. The van der Waals surface area contributed by atoms with Crippen molar-refractivity contribution in [3.05, 3.63) is 27.2 Å². The van der Waals surface area contributed by atoms with Crippen molar-refractivity contribution in [3.8, 4) is 0 Å². The summed E-state index contributed by atoms with van der Waals surface area (Å²) < 4.78 is 0.992. The molecule has 1 unspecified atom stereocenters. The van der Waals surface area contributed by atoms with E-state index in [1.165, 1.54) is 30.5 Å². The Kier molecular flexibility index (Phi) is 2.44. The van der Waals surface area contributed by atoms with E-state index in [0.29, 0.717) is 6.04 Å². The van der Waals surface area contributed by atoms with E-state index < -0.39 is 0 Å². The summed E-state index contributed by atoms with van der Waals surface area (Å²) in [5, 5.41) is 4.46. The Hall–Kier alpha value is -0.210. The van der Waals surface area contributed by atoms with Crippen LogP contribution in [0.15, 0.2) is 16.6 Å². The maximum absolute atomic E-state index is 6.08. The SMILES string of the molecule is Clc1cc2c(cc1Br)NC(C1CC1)CC2. The lowest BCUT2D eigenvalue weighted by Gasteiger charge is -2.27. The second-order valence-corrected chi connectivity index (χ2v) is 5.81. The van der Waals surface area contributed by atoms with Crippen LogP contribution in [0.5, 0.6) is 0 Å². The lowest BCUT2D eigenvalue weighted by molar-refractivity contribution is 0.569. The standard InChI is InChI=1S/C12H13BrClN/c13-9-6-12-8(5-10(9)14)3-4-11(15-12)7-1-2-7/h5-7,11,15H,1-4H2. The Bertz CT molecular complexity index is 401. The van der Waals surface area contributed by atoms with Crippen LogP contribution in [0, 0.1) is 5.92 Å². The van der Waals surface area contributed by atoms with E-state index in [1.807, 2.05) is 0 Å². The molecule has 1 heterocycles. The van der Waals surface area contributed by atoms with Crippen LogP contribution in [0.3, 0.4) is 0 Å². The van der Waals surface area contributed by atoms with Gasteiger partial charge >= 0.3 is 0 Å². The van der Waals surface area contributed by atoms with Crippen molar-refractivity contribution in [1.29, 1.82) is 0 Å². The lowest BCUT2D eigenvalue weighted by Crippen LogP contribution is -2.27. The minimum Gasteiger partial charge on any atom is -0.382 e. The van der Waals surface area contributed by atoms with Gasteiger partial charge in [0.15, 0.2) is 0 Å². The molecule has 1 nitrogen and oxygen atoms in total. The molecular formula is C12H13BrClN. The molecule has 1 aromatic carbocycles. The molecule has 80 valence electrons. The zero-order valence-electron chi connectivity index (χ0n) is 8.39. The van der Waals surface area contributed by atoms with Gasteiger partial charge in [-0.15, -0.1) is 0 Å². The number of rotatable bonds is 1. The minimum atomic E-state index is 0.700. The van der Waals surface area contributed by atoms with Crippen molar-refractivity contribution < 1.29 is 0 Å². The predicted molar refractivity (Wildman–Crippen MR) is 67.6 cm³/mol. The predicted octanol–water partition coefficient (Wildman–Crippen LogP) is 4.24. The third-order valence-corrected chi connectivity index (χ3v) is 4.60. The maximum Gasteiger partial charge on any atom is 0.0552 e. The van der Waals surface area contributed by atoms with E-state index in [-0.39, 0.29) is 0 Å². The van der Waals surface area contributed by atoms with Crippen LogP contribution >= 0.6 is 27.5 Å². The van der Waals surface area contributed by atoms with E-state index >= 15 is 0 Å². The Morgan fingerprint density at radius 3 is 2.80 bits per heavy atom. The van der Waals surface area contributed by atoms with Crippen molar-refractivity contribution in [1.82, 2.24) is 0 Å². The van der Waals surface area contributed by atoms with Crippen molar-refractivity contribution in [3.63, 3.8) is 0 Å². The average Bonchev–Trinajstić information content (AvgIpc) is 3.02. The first kappa shape index (κ1) is 9.98. The fourth-order valence-corrected chi connectivity index (χ4v) is 2.89. The lowest BCUT2D eigenvalue weighted by atomic mass is 9.95. The van der Waals surface area contributed by atoms with Crippen LogP contribution in [0.2, 0.25) is 5.02 Å². The van der Waals surface area contributed by atoms with Gasteiger partial charge in [-0.25, -0.2) is 0 Å². The summed E-state index contributed by atoms with van der Waals surface area (Å²) >= 11 is 9.56. The number of aryl methyl sites for hydroxylation is 1. The van der Waals surface area contributed by atoms with Gasteiger partial charge in [-0.1, -0.05) is 11.6 Å². The second-order valence-electron chi connectivity index (χ2n) is 4.55. The summed E-state index contributed by atoms with van der Waals surface area (Å²) in [6.07, 6.45) is 5.23. The summed E-state index contributed by atoms with van der Waals surface area (Å²) in [7, 11) is 0. The topological polar surface area (TPSA) is 12.0 Å². The normalized spacial score (nSPS) is 24.5. The molecule has 0 aromatic heterocycles. The Morgan fingerprint density at radius 1 is 1.27 bits per heavy atom. The summed E-state index contributed by atoms with van der Waals surface area (Å²) in [5.41, 5.74) is 2.63. The molecule has 1 aromatic rings. The fraction of sp³-hybridized carbons (Fsp3) is 0.500. The molecule has 1 fully saturated rings. The molecule has 0 saturated heterocycles. The highest BCUT2D eigenvalue weighted by molar-refractivity contribution is 9.10. The Labute approximate surface area is 103 Å². The highest BCUT2D eigenvalue weighted by atomic mass is 79.9. The van der Waals surface area contributed by atoms with E-state index in [1.54, 1.807) is 0 Å². The molecular weight excluding hydrogens is 273 g/mol. The monoisotopic (exact) mass is 285 g/mol. The fourth-order valence-electron chi connectivity index (χ4n) is 2.36. The molecule has 2 aliphatic rings. The van der Waals surface area contributed by atoms with Gasteiger partial charge in [0.2, 0.25) is 0 Å². The van der Waals surface area contributed by atoms with Crippen molar-refractivity contribution in [2.45, 2.75) is 31.7 Å². The molecule has 3 rings (SSSR count). The molecule has 1 aliphatic heterocycles. The molecule has 0 amide bonds. The van der Waals surface area contributed by atoms with Crippen LogP contribution in [-0.2, 0) is 6.42 Å². The zero-order valence-corrected chi connectivity index (χ0v) is 10.7. The quantitative estimate of drug-likeness (QED) is 0.814. The van der Waals surface area contributed by atoms with Gasteiger partial charge in [-0.2, -0.15) is 0 Å². The third kappa shape index (κ3) is 1.90. The minimum absolute atomic E-state index is 0.700. The van der Waals surface area contributed by atoms with Gasteiger partial charge in [0.1, 0.15) is 0 Å². The van der Waals surface area contributed by atoms with E-state index in [4.69, 9.17) is 11.6 Å². The summed E-state index contributed by atoms with van der Waals surface area (Å²) in [5.74, 6) is 0.924. The third-order valence-electron chi connectivity index (χ3n) is 3.40. The van der Waals surface area contributed by atoms with E-state index in [0.717, 1.165) is 21.8 Å². The smallest absolute Gasteiger partial charge is 0.0552 e. The molecule has 3 heteroatoms. The molecule has 0 radical (unpaired) electrons. The second kappa shape index (κ2) is 3.67. The van der Waals surface area contributed by atoms with Crippen LogP contribution in [-0.4, -0.2) is 6.04 Å². The Balaban J connectivity index is 1.91. The van der Waals surface area contributed by atoms with Crippen molar-refractivity contribution >= 4 is 33.2 Å². The van der Waals surface area contributed by atoms with Crippen LogP contribution in [0.1, 0.15) is 24.8 Å². The first-order chi connectivity index (χ1) is 7.24. The molecule has 1 atom stereocenters. The number of hydrogen-bond acceptors (Lipinski definition) is 1. The molecule has 1 saturated carbocycles. The first-order valence-electron chi connectivity index (χ1n) is 5.48. The number of nitrogens with one attached hydrogen (secondary N) is 1. The number of hydrogen-bond donors (Lipinski definition) is 1. The molecule has 0 bridgehead atoms. The highest BCUT2D eigenvalue weighted by Crippen LogP contribution is 2.40. The van der Waals surface area contributed by atoms with Gasteiger partial charge in [0.25, 0.3) is 0 Å². The van der Waals surface area contributed by atoms with Gasteiger partial charge in [-0.3, -0.25) is 0 Å². The van der Waals surface area contributed by atoms with Gasteiger partial charge in [-0.05, 0) is 65.2 Å². The summed E-state index contributed by atoms with van der Waals surface area (Å²) in [4.78, 5) is 0. The van der Waals surface area contributed by atoms with Crippen LogP contribution < -0.4 is 5.32 Å². The van der Waals surface area contributed by atoms with Crippen molar-refractivity contribution in [2.75, 3.05) is 5.32 Å². The highest BCUT2D eigenvalue weighted by Gasteiger charge is 2.33. The summed E-state index contributed by atoms with van der Waals surface area (Å²) in [6, 6.07) is 4.90. The number of benzene rings is 1. The van der Waals surface area contributed by atoms with Crippen LogP contribution in [0.25, 0.3) is 0 Å². The largest absolute Gasteiger partial charge is 0.382 e. The molecule has 1 N–H and O–H groups in total.